The second-order valence-electron chi connectivity index (χ2n) is 2.75. The number of rotatable bonds is 6. The molecule has 0 atom stereocenters. The van der Waals surface area contributed by atoms with Crippen LogP contribution in [0.25, 0.3) is 0 Å². The largest absolute Gasteiger partial charge is 0.378 e. The highest BCUT2D eigenvalue weighted by atomic mass is 32.1. The fraction of sp³-hybridized carbons (Fsp3) is 0.667. The zero-order valence-electron chi connectivity index (χ0n) is 8.58. The lowest BCUT2D eigenvalue weighted by Crippen LogP contribution is -1.99. The van der Waals surface area contributed by atoms with Gasteiger partial charge in [0.05, 0.1) is 18.9 Å². The molecule has 0 unspecified atom stereocenters. The molecule has 0 bridgehead atoms. The highest BCUT2D eigenvalue weighted by Crippen LogP contribution is 2.19. The van der Waals surface area contributed by atoms with Crippen LogP contribution in [0.4, 0.5) is 0 Å². The third kappa shape index (κ3) is 3.02. The van der Waals surface area contributed by atoms with Crippen LogP contribution in [-0.2, 0) is 29.2 Å². The van der Waals surface area contributed by atoms with Crippen molar-refractivity contribution in [1.82, 2.24) is 4.98 Å². The standard InChI is InChI=1S/C9H16N2O2S/c1-3-13-6-9-11-7(5-12-2)8(4-10)14-9/h3-6,10H2,1-2H3. The van der Waals surface area contributed by atoms with Gasteiger partial charge >= 0.3 is 0 Å². The van der Waals surface area contributed by atoms with Gasteiger partial charge in [0.15, 0.2) is 0 Å². The van der Waals surface area contributed by atoms with Crippen molar-refractivity contribution in [3.05, 3.63) is 15.6 Å². The lowest BCUT2D eigenvalue weighted by molar-refractivity contribution is 0.133. The van der Waals surface area contributed by atoms with Crippen LogP contribution in [0.5, 0.6) is 0 Å². The van der Waals surface area contributed by atoms with E-state index in [9.17, 15) is 0 Å². The predicted molar refractivity (Wildman–Crippen MR) is 56.0 cm³/mol. The third-order valence-electron chi connectivity index (χ3n) is 1.72. The molecule has 1 rings (SSSR count). The first-order valence-electron chi connectivity index (χ1n) is 4.56. The molecule has 0 aliphatic rings. The van der Waals surface area contributed by atoms with E-state index in [4.69, 9.17) is 15.2 Å². The van der Waals surface area contributed by atoms with Gasteiger partial charge < -0.3 is 15.2 Å². The minimum absolute atomic E-state index is 0.516. The Labute approximate surface area is 88.0 Å². The molecule has 80 valence electrons. The van der Waals surface area contributed by atoms with Crippen molar-refractivity contribution in [2.75, 3.05) is 13.7 Å². The van der Waals surface area contributed by atoms with E-state index in [2.05, 4.69) is 4.98 Å². The van der Waals surface area contributed by atoms with E-state index in [-0.39, 0.29) is 0 Å². The number of methoxy groups -OCH3 is 1. The van der Waals surface area contributed by atoms with E-state index in [1.807, 2.05) is 6.92 Å². The average Bonchev–Trinajstić information content (AvgIpc) is 2.58. The van der Waals surface area contributed by atoms with Gasteiger partial charge in [-0.25, -0.2) is 4.98 Å². The topological polar surface area (TPSA) is 57.4 Å². The number of nitrogens with zero attached hydrogens (tertiary/aromatic N) is 1. The molecule has 0 fully saturated rings. The fourth-order valence-corrected chi connectivity index (χ4v) is 1.99. The molecular formula is C9H16N2O2S. The second-order valence-corrected chi connectivity index (χ2v) is 3.92. The molecule has 1 aromatic heterocycles. The summed E-state index contributed by atoms with van der Waals surface area (Å²) < 4.78 is 10.3. The maximum absolute atomic E-state index is 5.60. The first-order chi connectivity index (χ1) is 6.81. The van der Waals surface area contributed by atoms with Crippen molar-refractivity contribution in [3.63, 3.8) is 0 Å². The van der Waals surface area contributed by atoms with Gasteiger partial charge in [-0.1, -0.05) is 0 Å². The van der Waals surface area contributed by atoms with Crippen molar-refractivity contribution in [3.8, 4) is 0 Å². The molecule has 0 aliphatic carbocycles. The van der Waals surface area contributed by atoms with Crippen LogP contribution in [0.2, 0.25) is 0 Å². The molecule has 14 heavy (non-hydrogen) atoms. The summed E-state index contributed by atoms with van der Waals surface area (Å²) in [6, 6.07) is 0. The third-order valence-corrected chi connectivity index (χ3v) is 2.81. The normalized spacial score (nSPS) is 10.8. The molecule has 0 amide bonds. The molecule has 0 radical (unpaired) electrons. The van der Waals surface area contributed by atoms with Gasteiger partial charge in [0.1, 0.15) is 5.01 Å². The van der Waals surface area contributed by atoms with Gasteiger partial charge in [-0.3, -0.25) is 0 Å². The van der Waals surface area contributed by atoms with Crippen molar-refractivity contribution < 1.29 is 9.47 Å². The lowest BCUT2D eigenvalue weighted by atomic mass is 10.4. The van der Waals surface area contributed by atoms with Crippen molar-refractivity contribution in [1.29, 1.82) is 0 Å². The summed E-state index contributed by atoms with van der Waals surface area (Å²) in [5, 5.41) is 0.972. The maximum atomic E-state index is 5.60. The highest BCUT2D eigenvalue weighted by molar-refractivity contribution is 7.11. The summed E-state index contributed by atoms with van der Waals surface area (Å²) in [6.45, 7) is 4.28. The number of hydrogen-bond acceptors (Lipinski definition) is 5. The van der Waals surface area contributed by atoms with E-state index in [0.29, 0.717) is 26.4 Å². The van der Waals surface area contributed by atoms with E-state index in [0.717, 1.165) is 15.6 Å². The van der Waals surface area contributed by atoms with Crippen LogP contribution in [-0.4, -0.2) is 18.7 Å². The Bertz CT molecular complexity index is 276. The number of nitrogens with two attached hydrogens (primary N) is 1. The summed E-state index contributed by atoms with van der Waals surface area (Å²) >= 11 is 1.60. The monoisotopic (exact) mass is 216 g/mol. The zero-order chi connectivity index (χ0) is 10.4. The Kier molecular flexibility index (Phi) is 5.03. The van der Waals surface area contributed by atoms with Crippen molar-refractivity contribution in [2.24, 2.45) is 5.73 Å². The van der Waals surface area contributed by atoms with Crippen LogP contribution in [0, 0.1) is 0 Å². The van der Waals surface area contributed by atoms with Gasteiger partial charge in [0.25, 0.3) is 0 Å². The molecule has 0 aliphatic heterocycles. The van der Waals surface area contributed by atoms with Crippen LogP contribution >= 0.6 is 11.3 Å². The highest BCUT2D eigenvalue weighted by Gasteiger charge is 2.09. The Balaban J connectivity index is 2.67. The smallest absolute Gasteiger partial charge is 0.119 e. The van der Waals surface area contributed by atoms with Gasteiger partial charge in [0, 0.05) is 25.1 Å². The molecule has 4 nitrogen and oxygen atoms in total. The van der Waals surface area contributed by atoms with E-state index in [1.54, 1.807) is 18.4 Å². The van der Waals surface area contributed by atoms with E-state index >= 15 is 0 Å². The average molecular weight is 216 g/mol. The first-order valence-corrected chi connectivity index (χ1v) is 5.37. The van der Waals surface area contributed by atoms with Crippen LogP contribution in [0.3, 0.4) is 0 Å². The SMILES string of the molecule is CCOCc1nc(COC)c(CN)s1. The summed E-state index contributed by atoms with van der Waals surface area (Å²) in [5.74, 6) is 0. The van der Waals surface area contributed by atoms with Crippen molar-refractivity contribution in [2.45, 2.75) is 26.7 Å². The Hall–Kier alpha value is -0.490. The molecule has 0 aromatic carbocycles. The Morgan fingerprint density at radius 2 is 2.21 bits per heavy atom. The Morgan fingerprint density at radius 1 is 1.43 bits per heavy atom. The number of aromatic nitrogens is 1. The first kappa shape index (κ1) is 11.6. The molecule has 1 heterocycles. The lowest BCUT2D eigenvalue weighted by Gasteiger charge is -1.96. The van der Waals surface area contributed by atoms with Gasteiger partial charge in [0.2, 0.25) is 0 Å². The molecule has 0 saturated heterocycles. The van der Waals surface area contributed by atoms with Crippen molar-refractivity contribution >= 4 is 11.3 Å². The fourth-order valence-electron chi connectivity index (χ4n) is 1.10. The zero-order valence-corrected chi connectivity index (χ0v) is 9.39. The second kappa shape index (κ2) is 6.08. The summed E-state index contributed by atoms with van der Waals surface area (Å²) in [5.41, 5.74) is 6.54. The summed E-state index contributed by atoms with van der Waals surface area (Å²) in [6.07, 6.45) is 0. The number of thiazole rings is 1. The minimum Gasteiger partial charge on any atom is -0.378 e. The molecular weight excluding hydrogens is 200 g/mol. The number of hydrogen-bond donors (Lipinski definition) is 1. The van der Waals surface area contributed by atoms with Gasteiger partial charge in [-0.2, -0.15) is 0 Å². The van der Waals surface area contributed by atoms with Crippen LogP contribution in [0.1, 0.15) is 22.5 Å². The summed E-state index contributed by atoms with van der Waals surface area (Å²) in [7, 11) is 1.65. The van der Waals surface area contributed by atoms with Crippen LogP contribution < -0.4 is 5.73 Å². The van der Waals surface area contributed by atoms with E-state index < -0.39 is 0 Å². The predicted octanol–water partition coefficient (Wildman–Crippen LogP) is 1.28. The molecule has 1 aromatic rings. The maximum Gasteiger partial charge on any atom is 0.119 e. The molecule has 2 N–H and O–H groups in total. The van der Waals surface area contributed by atoms with E-state index in [1.165, 1.54) is 0 Å². The van der Waals surface area contributed by atoms with Crippen LogP contribution in [0.15, 0.2) is 0 Å². The quantitative estimate of drug-likeness (QED) is 0.778. The van der Waals surface area contributed by atoms with Gasteiger partial charge in [-0.05, 0) is 6.92 Å². The molecule has 0 spiro atoms. The minimum atomic E-state index is 0.516. The molecule has 5 heteroatoms. The number of ether oxygens (including phenoxy) is 2. The Morgan fingerprint density at radius 3 is 2.79 bits per heavy atom. The summed E-state index contributed by atoms with van der Waals surface area (Å²) in [4.78, 5) is 5.48. The molecule has 0 saturated carbocycles. The van der Waals surface area contributed by atoms with Gasteiger partial charge in [-0.15, -0.1) is 11.3 Å².